The van der Waals surface area contributed by atoms with E-state index in [1.54, 1.807) is 0 Å². The second-order valence-corrected chi connectivity index (χ2v) is 5.56. The van der Waals surface area contributed by atoms with Gasteiger partial charge in [-0.15, -0.1) is 0 Å². The van der Waals surface area contributed by atoms with Crippen LogP contribution in [0.1, 0.15) is 65.2 Å². The fraction of sp³-hybridized carbons (Fsp3) is 0.929. The first-order chi connectivity index (χ1) is 8.20. The number of halogens is 1. The molecule has 0 radical (unpaired) electrons. The molecule has 1 atom stereocenters. The van der Waals surface area contributed by atoms with Gasteiger partial charge in [0.25, 0.3) is 0 Å². The number of alkyl halides is 1. The Morgan fingerprint density at radius 1 is 1.18 bits per heavy atom. The Kier molecular flexibility index (Phi) is 12.4. The third-order valence-corrected chi connectivity index (χ3v) is 4.07. The van der Waals surface area contributed by atoms with Crippen molar-refractivity contribution in [3.63, 3.8) is 0 Å². The van der Waals surface area contributed by atoms with Gasteiger partial charge in [-0.3, -0.25) is 4.79 Å². The van der Waals surface area contributed by atoms with Crippen LogP contribution in [0.25, 0.3) is 0 Å². The van der Waals surface area contributed by atoms with E-state index in [0.29, 0.717) is 12.3 Å². The van der Waals surface area contributed by atoms with Gasteiger partial charge in [0.15, 0.2) is 0 Å². The standard InChI is InChI=1S/C14H28BrNO/c1-3-4-5-6-7-10-14(17)16-11-8-9-13(2)12-15/h13H,3-12H2,1-2H3,(H,16,17). The molecule has 1 N–H and O–H groups in total. The summed E-state index contributed by atoms with van der Waals surface area (Å²) in [6, 6.07) is 0. The zero-order chi connectivity index (χ0) is 12.9. The molecule has 0 saturated heterocycles. The van der Waals surface area contributed by atoms with E-state index in [1.807, 2.05) is 0 Å². The summed E-state index contributed by atoms with van der Waals surface area (Å²) < 4.78 is 0. The average molecular weight is 306 g/mol. The fourth-order valence-electron chi connectivity index (χ4n) is 1.73. The lowest BCUT2D eigenvalue weighted by Gasteiger charge is -2.08. The predicted octanol–water partition coefficient (Wildman–Crippen LogP) is 4.27. The Labute approximate surface area is 115 Å². The van der Waals surface area contributed by atoms with Crippen LogP contribution in [0.3, 0.4) is 0 Å². The van der Waals surface area contributed by atoms with Crippen molar-refractivity contribution in [1.82, 2.24) is 5.32 Å². The number of unbranched alkanes of at least 4 members (excludes halogenated alkanes) is 4. The van der Waals surface area contributed by atoms with Crippen molar-refractivity contribution in [3.8, 4) is 0 Å². The lowest BCUT2D eigenvalue weighted by atomic mass is 10.1. The molecule has 1 unspecified atom stereocenters. The number of nitrogens with one attached hydrogen (secondary N) is 1. The van der Waals surface area contributed by atoms with Crippen molar-refractivity contribution in [2.75, 3.05) is 11.9 Å². The molecule has 0 aliphatic rings. The number of amides is 1. The van der Waals surface area contributed by atoms with Crippen molar-refractivity contribution in [3.05, 3.63) is 0 Å². The van der Waals surface area contributed by atoms with Gasteiger partial charge in [0, 0.05) is 18.3 Å². The molecule has 0 rings (SSSR count). The molecule has 0 aliphatic carbocycles. The maximum atomic E-state index is 11.5. The predicted molar refractivity (Wildman–Crippen MR) is 78.6 cm³/mol. The van der Waals surface area contributed by atoms with Crippen molar-refractivity contribution >= 4 is 21.8 Å². The molecule has 0 bridgehead atoms. The van der Waals surface area contributed by atoms with Crippen LogP contribution in [0.15, 0.2) is 0 Å². The zero-order valence-corrected chi connectivity index (χ0v) is 13.0. The first-order valence-electron chi connectivity index (χ1n) is 7.03. The largest absolute Gasteiger partial charge is 0.356 e. The molecule has 17 heavy (non-hydrogen) atoms. The van der Waals surface area contributed by atoms with Crippen molar-refractivity contribution in [1.29, 1.82) is 0 Å². The van der Waals surface area contributed by atoms with Gasteiger partial charge in [0.2, 0.25) is 5.91 Å². The minimum atomic E-state index is 0.230. The molecule has 0 fully saturated rings. The van der Waals surface area contributed by atoms with Crippen LogP contribution in [-0.4, -0.2) is 17.8 Å². The van der Waals surface area contributed by atoms with Crippen LogP contribution in [0, 0.1) is 5.92 Å². The summed E-state index contributed by atoms with van der Waals surface area (Å²) in [7, 11) is 0. The van der Waals surface area contributed by atoms with E-state index in [2.05, 4.69) is 35.1 Å². The van der Waals surface area contributed by atoms with E-state index >= 15 is 0 Å². The summed E-state index contributed by atoms with van der Waals surface area (Å²) in [6.07, 6.45) is 9.05. The van der Waals surface area contributed by atoms with E-state index in [1.165, 1.54) is 32.1 Å². The van der Waals surface area contributed by atoms with E-state index in [4.69, 9.17) is 0 Å². The Morgan fingerprint density at radius 3 is 2.53 bits per heavy atom. The number of rotatable bonds is 11. The fourth-order valence-corrected chi connectivity index (χ4v) is 2.06. The van der Waals surface area contributed by atoms with Crippen LogP contribution in [0.2, 0.25) is 0 Å². The topological polar surface area (TPSA) is 29.1 Å². The zero-order valence-electron chi connectivity index (χ0n) is 11.4. The molecular weight excluding hydrogens is 278 g/mol. The van der Waals surface area contributed by atoms with Gasteiger partial charge in [0.1, 0.15) is 0 Å². The van der Waals surface area contributed by atoms with Gasteiger partial charge in [-0.2, -0.15) is 0 Å². The van der Waals surface area contributed by atoms with Gasteiger partial charge < -0.3 is 5.32 Å². The van der Waals surface area contributed by atoms with E-state index in [9.17, 15) is 4.79 Å². The molecule has 0 aromatic heterocycles. The number of hydrogen-bond donors (Lipinski definition) is 1. The highest BCUT2D eigenvalue weighted by atomic mass is 79.9. The molecule has 0 aliphatic heterocycles. The highest BCUT2D eigenvalue weighted by Crippen LogP contribution is 2.08. The minimum absolute atomic E-state index is 0.230. The number of hydrogen-bond acceptors (Lipinski definition) is 1. The summed E-state index contributed by atoms with van der Waals surface area (Å²) >= 11 is 3.46. The van der Waals surface area contributed by atoms with Crippen molar-refractivity contribution in [2.24, 2.45) is 5.92 Å². The molecule has 0 spiro atoms. The molecular formula is C14H28BrNO. The lowest BCUT2D eigenvalue weighted by molar-refractivity contribution is -0.121. The molecule has 3 heteroatoms. The van der Waals surface area contributed by atoms with E-state index < -0.39 is 0 Å². The van der Waals surface area contributed by atoms with Gasteiger partial charge >= 0.3 is 0 Å². The summed E-state index contributed by atoms with van der Waals surface area (Å²) in [6.45, 7) is 5.27. The minimum Gasteiger partial charge on any atom is -0.356 e. The first-order valence-corrected chi connectivity index (χ1v) is 8.15. The maximum Gasteiger partial charge on any atom is 0.219 e. The molecule has 2 nitrogen and oxygen atoms in total. The molecule has 102 valence electrons. The summed E-state index contributed by atoms with van der Waals surface area (Å²) in [5.74, 6) is 0.939. The van der Waals surface area contributed by atoms with Crippen LogP contribution in [0.5, 0.6) is 0 Å². The number of carbonyl (C=O) groups excluding carboxylic acids is 1. The number of carbonyl (C=O) groups is 1. The van der Waals surface area contributed by atoms with Gasteiger partial charge in [0.05, 0.1) is 0 Å². The summed E-state index contributed by atoms with van der Waals surface area (Å²) in [5.41, 5.74) is 0. The van der Waals surface area contributed by atoms with Crippen LogP contribution < -0.4 is 5.32 Å². The molecule has 0 aromatic rings. The highest BCUT2D eigenvalue weighted by molar-refractivity contribution is 9.09. The summed E-state index contributed by atoms with van der Waals surface area (Å²) in [5, 5.41) is 4.05. The van der Waals surface area contributed by atoms with Gasteiger partial charge in [-0.05, 0) is 25.2 Å². The molecule has 0 heterocycles. The lowest BCUT2D eigenvalue weighted by Crippen LogP contribution is -2.24. The monoisotopic (exact) mass is 305 g/mol. The van der Waals surface area contributed by atoms with E-state index in [-0.39, 0.29) is 5.91 Å². The van der Waals surface area contributed by atoms with Crippen molar-refractivity contribution < 1.29 is 4.79 Å². The van der Waals surface area contributed by atoms with E-state index in [0.717, 1.165) is 24.7 Å². The maximum absolute atomic E-state index is 11.5. The Hall–Kier alpha value is -0.0500. The smallest absolute Gasteiger partial charge is 0.219 e. The Morgan fingerprint density at radius 2 is 1.88 bits per heavy atom. The first kappa shape index (κ1) is 16.9. The summed E-state index contributed by atoms with van der Waals surface area (Å²) in [4.78, 5) is 11.5. The third-order valence-electron chi connectivity index (χ3n) is 2.97. The van der Waals surface area contributed by atoms with Crippen LogP contribution in [-0.2, 0) is 4.79 Å². The SMILES string of the molecule is CCCCCCCC(=O)NCCCC(C)CBr. The normalized spacial score (nSPS) is 12.4. The van der Waals surface area contributed by atoms with Crippen LogP contribution in [0.4, 0.5) is 0 Å². The van der Waals surface area contributed by atoms with Gasteiger partial charge in [-0.1, -0.05) is 55.5 Å². The quantitative estimate of drug-likeness (QED) is 0.448. The van der Waals surface area contributed by atoms with Crippen molar-refractivity contribution in [2.45, 2.75) is 65.2 Å². The molecule has 0 aromatic carbocycles. The molecule has 1 amide bonds. The Balaban J connectivity index is 3.23. The van der Waals surface area contributed by atoms with Crippen LogP contribution >= 0.6 is 15.9 Å². The third kappa shape index (κ3) is 12.2. The van der Waals surface area contributed by atoms with Gasteiger partial charge in [-0.25, -0.2) is 0 Å². The Bertz CT molecular complexity index is 185. The average Bonchev–Trinajstić information content (AvgIpc) is 2.34. The highest BCUT2D eigenvalue weighted by Gasteiger charge is 2.02. The molecule has 0 saturated carbocycles. The second kappa shape index (κ2) is 12.4. The second-order valence-electron chi connectivity index (χ2n) is 4.92.